The molecule has 5 nitrogen and oxygen atoms in total. The molecular formula is C23H34N2O3S. The number of ether oxygens (including phenoxy) is 1. The van der Waals surface area contributed by atoms with Crippen LogP contribution in [0.5, 0.6) is 0 Å². The molecule has 1 heterocycles. The second kappa shape index (κ2) is 8.62. The first-order valence-corrected chi connectivity index (χ1v) is 12.1. The van der Waals surface area contributed by atoms with Gasteiger partial charge in [0.2, 0.25) is 10.0 Å². The van der Waals surface area contributed by atoms with E-state index >= 15 is 0 Å². The van der Waals surface area contributed by atoms with E-state index in [9.17, 15) is 8.42 Å². The van der Waals surface area contributed by atoms with Crippen LogP contribution in [0.3, 0.4) is 0 Å². The van der Waals surface area contributed by atoms with Crippen LogP contribution in [-0.4, -0.2) is 18.6 Å². The quantitative estimate of drug-likeness (QED) is 0.717. The first kappa shape index (κ1) is 22.1. The Hall–Kier alpha value is -1.63. The van der Waals surface area contributed by atoms with Crippen molar-refractivity contribution in [3.63, 3.8) is 0 Å². The van der Waals surface area contributed by atoms with Gasteiger partial charge in [-0.05, 0) is 58.1 Å². The first-order valence-electron chi connectivity index (χ1n) is 10.5. The summed E-state index contributed by atoms with van der Waals surface area (Å²) in [7, 11) is -3.78. The SMILES string of the molecule is Cc1c(S(N)(=O)=O)cc(-c2ccccc2COC(C)(C)C)n1CC1CCCCC1. The minimum atomic E-state index is -3.78. The number of hydrogen-bond donors (Lipinski definition) is 1. The number of primary sulfonamides is 1. The molecule has 2 aromatic rings. The number of hydrogen-bond acceptors (Lipinski definition) is 3. The Morgan fingerprint density at radius 3 is 2.41 bits per heavy atom. The van der Waals surface area contributed by atoms with Crippen molar-refractivity contribution in [2.45, 2.75) is 83.4 Å². The molecule has 1 fully saturated rings. The monoisotopic (exact) mass is 418 g/mol. The highest BCUT2D eigenvalue weighted by molar-refractivity contribution is 7.89. The van der Waals surface area contributed by atoms with Gasteiger partial charge in [-0.2, -0.15) is 0 Å². The molecule has 1 aromatic carbocycles. The van der Waals surface area contributed by atoms with E-state index in [2.05, 4.69) is 4.57 Å². The van der Waals surface area contributed by atoms with E-state index < -0.39 is 10.0 Å². The van der Waals surface area contributed by atoms with Gasteiger partial charge in [0.1, 0.15) is 4.90 Å². The van der Waals surface area contributed by atoms with Gasteiger partial charge in [-0.3, -0.25) is 0 Å². The van der Waals surface area contributed by atoms with Crippen LogP contribution in [0, 0.1) is 12.8 Å². The van der Waals surface area contributed by atoms with Crippen molar-refractivity contribution in [1.82, 2.24) is 4.57 Å². The summed E-state index contributed by atoms with van der Waals surface area (Å²) in [5.74, 6) is 0.569. The third-order valence-corrected chi connectivity index (χ3v) is 6.77. The minimum Gasteiger partial charge on any atom is -0.371 e. The molecule has 0 saturated heterocycles. The van der Waals surface area contributed by atoms with Gasteiger partial charge < -0.3 is 9.30 Å². The normalized spacial score (nSPS) is 16.3. The predicted octanol–water partition coefficient (Wildman–Crippen LogP) is 5.01. The van der Waals surface area contributed by atoms with Crippen LogP contribution in [0.4, 0.5) is 0 Å². The van der Waals surface area contributed by atoms with E-state index in [-0.39, 0.29) is 10.5 Å². The number of benzene rings is 1. The van der Waals surface area contributed by atoms with Crippen molar-refractivity contribution in [3.05, 3.63) is 41.6 Å². The highest BCUT2D eigenvalue weighted by Gasteiger charge is 2.24. The Kier molecular flexibility index (Phi) is 6.56. The van der Waals surface area contributed by atoms with Crippen LogP contribution in [-0.2, 0) is 27.9 Å². The lowest BCUT2D eigenvalue weighted by atomic mass is 9.89. The molecule has 160 valence electrons. The summed E-state index contributed by atoms with van der Waals surface area (Å²) in [6.07, 6.45) is 6.17. The number of rotatable bonds is 6. The van der Waals surface area contributed by atoms with Gasteiger partial charge in [-0.15, -0.1) is 0 Å². The highest BCUT2D eigenvalue weighted by atomic mass is 32.2. The maximum Gasteiger partial charge on any atom is 0.239 e. The largest absolute Gasteiger partial charge is 0.371 e. The van der Waals surface area contributed by atoms with E-state index in [1.54, 1.807) is 6.07 Å². The fraction of sp³-hybridized carbons (Fsp3) is 0.565. The van der Waals surface area contributed by atoms with Crippen LogP contribution >= 0.6 is 0 Å². The fourth-order valence-electron chi connectivity index (χ4n) is 4.18. The molecule has 3 rings (SSSR count). The van der Waals surface area contributed by atoms with Gasteiger partial charge in [0.05, 0.1) is 12.2 Å². The van der Waals surface area contributed by atoms with Crippen molar-refractivity contribution in [1.29, 1.82) is 0 Å². The zero-order valence-corrected chi connectivity index (χ0v) is 18.9. The van der Waals surface area contributed by atoms with E-state index in [0.29, 0.717) is 12.5 Å². The fourth-order valence-corrected chi connectivity index (χ4v) is 4.98. The molecule has 0 aliphatic heterocycles. The smallest absolute Gasteiger partial charge is 0.239 e. The summed E-state index contributed by atoms with van der Waals surface area (Å²) in [5.41, 5.74) is 3.43. The third kappa shape index (κ3) is 5.50. The van der Waals surface area contributed by atoms with E-state index in [4.69, 9.17) is 9.88 Å². The summed E-state index contributed by atoms with van der Waals surface area (Å²) in [4.78, 5) is 0.217. The van der Waals surface area contributed by atoms with Crippen molar-refractivity contribution in [2.75, 3.05) is 0 Å². The van der Waals surface area contributed by atoms with Crippen LogP contribution in [0.15, 0.2) is 35.2 Å². The molecule has 1 aromatic heterocycles. The molecule has 1 aliphatic carbocycles. The van der Waals surface area contributed by atoms with Gasteiger partial charge in [0.25, 0.3) is 0 Å². The Morgan fingerprint density at radius 2 is 1.79 bits per heavy atom. The van der Waals surface area contributed by atoms with E-state index in [1.807, 2.05) is 52.0 Å². The average molecular weight is 419 g/mol. The Bertz CT molecular complexity index is 949. The molecule has 6 heteroatoms. The van der Waals surface area contributed by atoms with Crippen LogP contribution in [0.1, 0.15) is 64.1 Å². The van der Waals surface area contributed by atoms with Crippen molar-refractivity contribution in [3.8, 4) is 11.3 Å². The topological polar surface area (TPSA) is 74.3 Å². The molecule has 2 N–H and O–H groups in total. The summed E-state index contributed by atoms with van der Waals surface area (Å²) in [6, 6.07) is 9.81. The van der Waals surface area contributed by atoms with Crippen LogP contribution < -0.4 is 5.14 Å². The van der Waals surface area contributed by atoms with Crippen molar-refractivity contribution < 1.29 is 13.2 Å². The maximum atomic E-state index is 12.2. The lowest BCUT2D eigenvalue weighted by Gasteiger charge is -2.25. The van der Waals surface area contributed by atoms with Gasteiger partial charge in [0.15, 0.2) is 0 Å². The lowest BCUT2D eigenvalue weighted by Crippen LogP contribution is -2.19. The average Bonchev–Trinajstić information content (AvgIpc) is 2.97. The molecule has 0 atom stereocenters. The Labute approximate surface area is 175 Å². The molecule has 29 heavy (non-hydrogen) atoms. The standard InChI is InChI=1S/C23H34N2O3S/c1-17-22(29(24,26)27)14-21(25(17)15-18-10-6-5-7-11-18)20-13-9-8-12-19(20)16-28-23(2,3)4/h8-9,12-14,18H,5-7,10-11,15-16H2,1-4H3,(H2,24,26,27). The summed E-state index contributed by atoms with van der Waals surface area (Å²) >= 11 is 0. The van der Waals surface area contributed by atoms with E-state index in [0.717, 1.165) is 29.1 Å². The molecule has 0 radical (unpaired) electrons. The molecular weight excluding hydrogens is 384 g/mol. The lowest BCUT2D eigenvalue weighted by molar-refractivity contribution is -0.0147. The van der Waals surface area contributed by atoms with Gasteiger partial charge in [0, 0.05) is 23.5 Å². The molecule has 0 spiro atoms. The van der Waals surface area contributed by atoms with Gasteiger partial charge in [-0.25, -0.2) is 13.6 Å². The van der Waals surface area contributed by atoms with Crippen molar-refractivity contribution >= 4 is 10.0 Å². The predicted molar refractivity (Wildman–Crippen MR) is 117 cm³/mol. The Morgan fingerprint density at radius 1 is 1.14 bits per heavy atom. The van der Waals surface area contributed by atoms with Crippen molar-refractivity contribution in [2.24, 2.45) is 11.1 Å². The highest BCUT2D eigenvalue weighted by Crippen LogP contribution is 2.34. The number of aromatic nitrogens is 1. The zero-order chi connectivity index (χ0) is 21.2. The number of nitrogens with two attached hydrogens (primary N) is 1. The minimum absolute atomic E-state index is 0.217. The van der Waals surface area contributed by atoms with Crippen LogP contribution in [0.25, 0.3) is 11.3 Å². The first-order chi connectivity index (χ1) is 13.6. The molecule has 0 unspecified atom stereocenters. The Balaban J connectivity index is 2.06. The second-order valence-electron chi connectivity index (χ2n) is 9.20. The van der Waals surface area contributed by atoms with Gasteiger partial charge >= 0.3 is 0 Å². The molecule has 0 bridgehead atoms. The zero-order valence-electron chi connectivity index (χ0n) is 18.1. The summed E-state index contributed by atoms with van der Waals surface area (Å²) in [5, 5.41) is 5.54. The summed E-state index contributed by atoms with van der Waals surface area (Å²) < 4.78 is 32.6. The molecule has 1 aliphatic rings. The molecule has 0 amide bonds. The number of sulfonamides is 1. The maximum absolute atomic E-state index is 12.2. The summed E-state index contributed by atoms with van der Waals surface area (Å²) in [6.45, 7) is 9.25. The molecule has 1 saturated carbocycles. The second-order valence-corrected chi connectivity index (χ2v) is 10.7. The van der Waals surface area contributed by atoms with Gasteiger partial charge in [-0.1, -0.05) is 43.5 Å². The third-order valence-electron chi connectivity index (χ3n) is 5.75. The van der Waals surface area contributed by atoms with Crippen LogP contribution in [0.2, 0.25) is 0 Å². The number of nitrogens with zero attached hydrogens (tertiary/aromatic N) is 1. The van der Waals surface area contributed by atoms with E-state index in [1.165, 1.54) is 32.1 Å².